The molecule has 0 radical (unpaired) electrons. The van der Waals surface area contributed by atoms with Crippen molar-refractivity contribution in [3.8, 4) is 0 Å². The van der Waals surface area contributed by atoms with Gasteiger partial charge in [0.15, 0.2) is 0 Å². The first-order valence-electron chi connectivity index (χ1n) is 6.13. The third-order valence-corrected chi connectivity index (χ3v) is 3.14. The molecule has 2 aromatic rings. The second-order valence-corrected chi connectivity index (χ2v) is 4.81. The number of hydrogen-bond donors (Lipinski definition) is 0. The molecule has 0 spiro atoms. The van der Waals surface area contributed by atoms with Gasteiger partial charge in [0, 0.05) is 13.6 Å². The van der Waals surface area contributed by atoms with Crippen molar-refractivity contribution in [3.63, 3.8) is 0 Å². The third kappa shape index (κ3) is 3.68. The largest absolute Gasteiger partial charge is 0.359 e. The Bertz CT molecular complexity index is 605. The van der Waals surface area contributed by atoms with Crippen LogP contribution >= 0.6 is 11.6 Å². The zero-order chi connectivity index (χ0) is 14.5. The van der Waals surface area contributed by atoms with Crippen molar-refractivity contribution in [2.45, 2.75) is 6.42 Å². The minimum atomic E-state index is -0.470. The van der Waals surface area contributed by atoms with Crippen molar-refractivity contribution in [1.82, 2.24) is 4.98 Å². The Morgan fingerprint density at radius 3 is 2.65 bits per heavy atom. The van der Waals surface area contributed by atoms with Crippen molar-refractivity contribution in [1.29, 1.82) is 0 Å². The van der Waals surface area contributed by atoms with E-state index in [0.717, 1.165) is 6.42 Å². The summed E-state index contributed by atoms with van der Waals surface area (Å²) in [7, 11) is 1.84. The first kappa shape index (κ1) is 14.3. The molecule has 0 unspecified atom stereocenters. The summed E-state index contributed by atoms with van der Waals surface area (Å²) >= 11 is 5.81. The number of pyridine rings is 1. The molecule has 0 fully saturated rings. The maximum atomic E-state index is 10.8. The zero-order valence-electron chi connectivity index (χ0n) is 11.0. The van der Waals surface area contributed by atoms with Crippen LogP contribution in [0.1, 0.15) is 5.56 Å². The lowest BCUT2D eigenvalue weighted by Gasteiger charge is -2.18. The number of hydrogen-bond acceptors (Lipinski definition) is 4. The van der Waals surface area contributed by atoms with Gasteiger partial charge < -0.3 is 4.90 Å². The van der Waals surface area contributed by atoms with Gasteiger partial charge in [0.25, 0.3) is 5.69 Å². The van der Waals surface area contributed by atoms with E-state index in [1.165, 1.54) is 17.7 Å². The average molecular weight is 292 g/mol. The lowest BCUT2D eigenvalue weighted by Crippen LogP contribution is -2.21. The first-order chi connectivity index (χ1) is 9.56. The van der Waals surface area contributed by atoms with Crippen LogP contribution in [0.3, 0.4) is 0 Å². The SMILES string of the molecule is CN(CCc1ccccc1)c1cc([N+](=O)[O-])cc(Cl)n1. The fourth-order valence-corrected chi connectivity index (χ4v) is 2.03. The summed E-state index contributed by atoms with van der Waals surface area (Å²) in [6.07, 6.45) is 0.833. The van der Waals surface area contributed by atoms with Gasteiger partial charge >= 0.3 is 0 Å². The molecular formula is C14H14ClN3O2. The summed E-state index contributed by atoms with van der Waals surface area (Å²) in [5.74, 6) is 0.500. The lowest BCUT2D eigenvalue weighted by molar-refractivity contribution is -0.384. The van der Waals surface area contributed by atoms with Gasteiger partial charge in [-0.3, -0.25) is 10.1 Å². The molecule has 2 rings (SSSR count). The van der Waals surface area contributed by atoms with Crippen LogP contribution in [0.5, 0.6) is 0 Å². The van der Waals surface area contributed by atoms with Crippen LogP contribution in [0, 0.1) is 10.1 Å². The molecule has 0 bridgehead atoms. The Morgan fingerprint density at radius 1 is 1.30 bits per heavy atom. The highest BCUT2D eigenvalue weighted by atomic mass is 35.5. The summed E-state index contributed by atoms with van der Waals surface area (Å²) in [5.41, 5.74) is 1.16. The van der Waals surface area contributed by atoms with E-state index in [1.807, 2.05) is 42.3 Å². The third-order valence-electron chi connectivity index (χ3n) is 2.95. The molecule has 0 aliphatic rings. The van der Waals surface area contributed by atoms with Crippen molar-refractivity contribution in [2.75, 3.05) is 18.5 Å². The van der Waals surface area contributed by atoms with Gasteiger partial charge in [-0.2, -0.15) is 0 Å². The molecule has 0 saturated heterocycles. The first-order valence-corrected chi connectivity index (χ1v) is 6.51. The van der Waals surface area contributed by atoms with Crippen LogP contribution in [-0.4, -0.2) is 23.5 Å². The highest BCUT2D eigenvalue weighted by molar-refractivity contribution is 6.29. The van der Waals surface area contributed by atoms with Crippen molar-refractivity contribution in [3.05, 3.63) is 63.3 Å². The summed E-state index contributed by atoms with van der Waals surface area (Å²) < 4.78 is 0. The Labute approximate surface area is 122 Å². The smallest absolute Gasteiger partial charge is 0.276 e. The van der Waals surface area contributed by atoms with Crippen LogP contribution in [0.4, 0.5) is 11.5 Å². The molecule has 0 aliphatic carbocycles. The zero-order valence-corrected chi connectivity index (χ0v) is 11.7. The molecule has 0 amide bonds. The summed E-state index contributed by atoms with van der Waals surface area (Å²) in [6, 6.07) is 12.7. The van der Waals surface area contributed by atoms with Crippen LogP contribution in [0.25, 0.3) is 0 Å². The van der Waals surface area contributed by atoms with Crippen molar-refractivity contribution in [2.24, 2.45) is 0 Å². The molecule has 0 aliphatic heterocycles. The summed E-state index contributed by atoms with van der Waals surface area (Å²) in [6.45, 7) is 0.703. The normalized spacial score (nSPS) is 10.3. The van der Waals surface area contributed by atoms with E-state index in [1.54, 1.807) is 0 Å². The molecule has 104 valence electrons. The maximum absolute atomic E-state index is 10.8. The molecule has 1 aromatic heterocycles. The van der Waals surface area contributed by atoms with Gasteiger partial charge in [0.05, 0.1) is 17.1 Å². The topological polar surface area (TPSA) is 59.3 Å². The van der Waals surface area contributed by atoms with E-state index < -0.39 is 4.92 Å². The van der Waals surface area contributed by atoms with Gasteiger partial charge in [0.2, 0.25) is 0 Å². The van der Waals surface area contributed by atoms with Gasteiger partial charge in [-0.25, -0.2) is 4.98 Å². The predicted molar refractivity (Wildman–Crippen MR) is 79.3 cm³/mol. The van der Waals surface area contributed by atoms with E-state index >= 15 is 0 Å². The molecule has 0 N–H and O–H groups in total. The van der Waals surface area contributed by atoms with E-state index in [0.29, 0.717) is 12.4 Å². The number of nitro groups is 1. The Morgan fingerprint density at radius 2 is 2.00 bits per heavy atom. The monoisotopic (exact) mass is 291 g/mol. The molecule has 0 atom stereocenters. The number of benzene rings is 1. The fraction of sp³-hybridized carbons (Fsp3) is 0.214. The maximum Gasteiger partial charge on any atom is 0.276 e. The molecule has 1 aromatic carbocycles. The molecule has 5 nitrogen and oxygen atoms in total. The average Bonchev–Trinajstić information content (AvgIpc) is 2.45. The van der Waals surface area contributed by atoms with Gasteiger partial charge in [-0.15, -0.1) is 0 Å². The van der Waals surface area contributed by atoms with E-state index in [2.05, 4.69) is 4.98 Å². The van der Waals surface area contributed by atoms with E-state index in [-0.39, 0.29) is 10.8 Å². The van der Waals surface area contributed by atoms with Crippen LogP contribution in [0.15, 0.2) is 42.5 Å². The Balaban J connectivity index is 2.09. The highest BCUT2D eigenvalue weighted by Gasteiger charge is 2.12. The Hall–Kier alpha value is -2.14. The second kappa shape index (κ2) is 6.34. The van der Waals surface area contributed by atoms with Crippen LogP contribution < -0.4 is 4.90 Å². The van der Waals surface area contributed by atoms with Crippen LogP contribution in [-0.2, 0) is 6.42 Å². The predicted octanol–water partition coefficient (Wildman–Crippen LogP) is 3.32. The quantitative estimate of drug-likeness (QED) is 0.482. The van der Waals surface area contributed by atoms with E-state index in [4.69, 9.17) is 11.6 Å². The van der Waals surface area contributed by atoms with Gasteiger partial charge in [0.1, 0.15) is 11.0 Å². The Kier molecular flexibility index (Phi) is 4.53. The number of halogens is 1. The highest BCUT2D eigenvalue weighted by Crippen LogP contribution is 2.22. The number of likely N-dealkylation sites (N-methyl/N-ethyl adjacent to an activating group) is 1. The number of nitrogens with zero attached hydrogens (tertiary/aromatic N) is 3. The standard InChI is InChI=1S/C14H14ClN3O2/c1-17(8-7-11-5-3-2-4-6-11)14-10-12(18(19)20)9-13(15)16-14/h2-6,9-10H,7-8H2,1H3. The minimum absolute atomic E-state index is 0.0495. The lowest BCUT2D eigenvalue weighted by atomic mass is 10.1. The molecule has 0 saturated carbocycles. The molecular weight excluding hydrogens is 278 g/mol. The summed E-state index contributed by atoms with van der Waals surface area (Å²) in [5, 5.41) is 10.9. The summed E-state index contributed by atoms with van der Waals surface area (Å²) in [4.78, 5) is 16.3. The number of aromatic nitrogens is 1. The van der Waals surface area contributed by atoms with Gasteiger partial charge in [-0.05, 0) is 12.0 Å². The fourth-order valence-electron chi connectivity index (χ4n) is 1.83. The molecule has 6 heteroatoms. The van der Waals surface area contributed by atoms with Crippen molar-refractivity contribution >= 4 is 23.1 Å². The molecule has 20 heavy (non-hydrogen) atoms. The minimum Gasteiger partial charge on any atom is -0.359 e. The van der Waals surface area contributed by atoms with Crippen molar-refractivity contribution < 1.29 is 4.92 Å². The molecule has 1 heterocycles. The van der Waals surface area contributed by atoms with Gasteiger partial charge in [-0.1, -0.05) is 41.9 Å². The van der Waals surface area contributed by atoms with E-state index in [9.17, 15) is 10.1 Å². The van der Waals surface area contributed by atoms with Crippen LogP contribution in [0.2, 0.25) is 5.15 Å². The number of rotatable bonds is 5. The second-order valence-electron chi connectivity index (χ2n) is 4.42. The number of anilines is 1.